The van der Waals surface area contributed by atoms with E-state index in [1.54, 1.807) is 6.20 Å². The van der Waals surface area contributed by atoms with Crippen molar-refractivity contribution in [3.05, 3.63) is 47.7 Å². The van der Waals surface area contributed by atoms with Gasteiger partial charge < -0.3 is 14.7 Å². The topological polar surface area (TPSA) is 77.9 Å². The zero-order valence-electron chi connectivity index (χ0n) is 24.7. The Morgan fingerprint density at radius 1 is 1.09 bits per heavy atom. The fourth-order valence-corrected chi connectivity index (χ4v) is 8.21. The Balaban J connectivity index is 1.28. The number of aromatic hydroxyl groups is 1. The van der Waals surface area contributed by atoms with E-state index in [9.17, 15) is 9.50 Å². The number of pyridine rings is 1. The minimum Gasteiger partial charge on any atom is -0.508 e. The van der Waals surface area contributed by atoms with Gasteiger partial charge in [0.2, 0.25) is 0 Å². The Kier molecular flexibility index (Phi) is 6.40. The van der Waals surface area contributed by atoms with Crippen molar-refractivity contribution in [3.8, 4) is 35.4 Å². The first-order chi connectivity index (χ1) is 21.3. The van der Waals surface area contributed by atoms with Crippen LogP contribution in [0.5, 0.6) is 11.8 Å². The van der Waals surface area contributed by atoms with Crippen molar-refractivity contribution in [1.29, 1.82) is 0 Å². The van der Waals surface area contributed by atoms with Crippen LogP contribution >= 0.6 is 0 Å². The molecule has 0 radical (unpaired) electrons. The molecule has 2 unspecified atom stereocenters. The molecule has 2 aromatic heterocycles. The first kappa shape index (κ1) is 27.5. The van der Waals surface area contributed by atoms with Gasteiger partial charge in [-0.15, -0.1) is 6.42 Å². The van der Waals surface area contributed by atoms with E-state index in [1.165, 1.54) is 24.3 Å². The van der Waals surface area contributed by atoms with Gasteiger partial charge in [0, 0.05) is 42.3 Å². The Hall–Kier alpha value is -4.07. The molecule has 2 atom stereocenters. The Bertz CT molecular complexity index is 1830. The maximum atomic E-state index is 16.8. The van der Waals surface area contributed by atoms with Crippen LogP contribution in [0.1, 0.15) is 44.1 Å². The second-order valence-corrected chi connectivity index (χ2v) is 12.8. The minimum atomic E-state index is -0.700. The predicted molar refractivity (Wildman–Crippen MR) is 165 cm³/mol. The lowest BCUT2D eigenvalue weighted by molar-refractivity contribution is 0.107. The second-order valence-electron chi connectivity index (χ2n) is 12.8. The summed E-state index contributed by atoms with van der Waals surface area (Å²) in [5.74, 6) is 1.59. The van der Waals surface area contributed by atoms with Crippen LogP contribution in [0.3, 0.4) is 0 Å². The SMILES string of the molecule is C#Cc1c(F)ccc2cc(O)cc(-c3ncc4c(N5CC6CCC(C5)N6C)nc(OCC56CCCN5CCC6)nc4c3F)c12. The molecule has 4 fully saturated rings. The van der Waals surface area contributed by atoms with Crippen molar-refractivity contribution in [2.75, 3.05) is 44.7 Å². The largest absolute Gasteiger partial charge is 0.508 e. The normalized spacial score (nSPS) is 23.0. The third-order valence-corrected chi connectivity index (χ3v) is 10.5. The number of rotatable bonds is 5. The molecule has 4 saturated heterocycles. The Morgan fingerprint density at radius 3 is 2.57 bits per heavy atom. The fraction of sp³-hybridized carbons (Fsp3) is 0.441. The number of phenolic OH excluding ortho intramolecular Hbond substituents is 1. The molecular formula is C34H34F2N6O2. The molecule has 2 bridgehead atoms. The highest BCUT2D eigenvalue weighted by atomic mass is 19.1. The Morgan fingerprint density at radius 2 is 1.84 bits per heavy atom. The molecule has 4 aliphatic rings. The van der Waals surface area contributed by atoms with Gasteiger partial charge in [-0.3, -0.25) is 14.8 Å². The summed E-state index contributed by atoms with van der Waals surface area (Å²) in [6.07, 6.45) is 13.9. The molecule has 44 heavy (non-hydrogen) atoms. The van der Waals surface area contributed by atoms with Crippen LogP contribution in [0, 0.1) is 24.0 Å². The molecule has 4 aliphatic heterocycles. The highest BCUT2D eigenvalue weighted by Crippen LogP contribution is 2.41. The average Bonchev–Trinajstić information content (AvgIpc) is 3.65. The van der Waals surface area contributed by atoms with E-state index in [-0.39, 0.29) is 39.6 Å². The van der Waals surface area contributed by atoms with Crippen LogP contribution in [0.4, 0.5) is 14.6 Å². The zero-order valence-corrected chi connectivity index (χ0v) is 24.7. The van der Waals surface area contributed by atoms with Gasteiger partial charge in [-0.25, -0.2) is 8.78 Å². The summed E-state index contributed by atoms with van der Waals surface area (Å²) < 4.78 is 38.0. The number of aromatic nitrogens is 3. The molecule has 1 N–H and O–H groups in total. The number of likely N-dealkylation sites (N-methyl/N-ethyl adjacent to an activating group) is 1. The third kappa shape index (κ3) is 4.20. The van der Waals surface area contributed by atoms with E-state index in [0.717, 1.165) is 64.7 Å². The third-order valence-electron chi connectivity index (χ3n) is 10.5. The van der Waals surface area contributed by atoms with E-state index in [1.807, 2.05) is 0 Å². The maximum absolute atomic E-state index is 16.8. The van der Waals surface area contributed by atoms with Crippen molar-refractivity contribution in [1.82, 2.24) is 24.8 Å². The van der Waals surface area contributed by atoms with Gasteiger partial charge in [-0.05, 0) is 82.2 Å². The Labute approximate surface area is 254 Å². The smallest absolute Gasteiger partial charge is 0.319 e. The summed E-state index contributed by atoms with van der Waals surface area (Å²) in [5.41, 5.74) is 0.146. The monoisotopic (exact) mass is 596 g/mol. The summed E-state index contributed by atoms with van der Waals surface area (Å²) in [6.45, 7) is 4.12. The van der Waals surface area contributed by atoms with E-state index in [4.69, 9.17) is 16.1 Å². The first-order valence-corrected chi connectivity index (χ1v) is 15.5. The lowest BCUT2D eigenvalue weighted by Gasteiger charge is -2.39. The number of halogens is 2. The molecule has 0 amide bonds. The molecule has 6 heterocycles. The van der Waals surface area contributed by atoms with Crippen LogP contribution in [0.25, 0.3) is 32.9 Å². The molecule has 8 nitrogen and oxygen atoms in total. The van der Waals surface area contributed by atoms with Gasteiger partial charge in [-0.2, -0.15) is 9.97 Å². The first-order valence-electron chi connectivity index (χ1n) is 15.5. The maximum Gasteiger partial charge on any atom is 0.319 e. The molecular weight excluding hydrogens is 562 g/mol. The summed E-state index contributed by atoms with van der Waals surface area (Å²) >= 11 is 0. The second kappa shape index (κ2) is 10.2. The molecule has 0 saturated carbocycles. The van der Waals surface area contributed by atoms with Crippen molar-refractivity contribution in [2.24, 2.45) is 0 Å². The number of fused-ring (bicyclic) bond motifs is 5. The van der Waals surface area contributed by atoms with Gasteiger partial charge in [0.15, 0.2) is 5.82 Å². The van der Waals surface area contributed by atoms with Gasteiger partial charge in [-0.1, -0.05) is 12.0 Å². The van der Waals surface area contributed by atoms with E-state index in [2.05, 4.69) is 37.6 Å². The summed E-state index contributed by atoms with van der Waals surface area (Å²) in [4.78, 5) is 21.2. The molecule has 0 spiro atoms. The van der Waals surface area contributed by atoms with E-state index in [0.29, 0.717) is 40.7 Å². The van der Waals surface area contributed by atoms with Crippen molar-refractivity contribution < 1.29 is 18.6 Å². The number of hydrogen-bond acceptors (Lipinski definition) is 8. The molecule has 2 aromatic carbocycles. The van der Waals surface area contributed by atoms with Gasteiger partial charge in [0.1, 0.15) is 35.2 Å². The number of anilines is 1. The lowest BCUT2D eigenvalue weighted by Crippen LogP contribution is -2.52. The van der Waals surface area contributed by atoms with Gasteiger partial charge >= 0.3 is 6.01 Å². The average molecular weight is 597 g/mol. The molecule has 8 rings (SSSR count). The van der Waals surface area contributed by atoms with Crippen LogP contribution < -0.4 is 9.64 Å². The summed E-state index contributed by atoms with van der Waals surface area (Å²) in [6, 6.07) is 6.51. The highest BCUT2D eigenvalue weighted by molar-refractivity contribution is 6.03. The van der Waals surface area contributed by atoms with Crippen LogP contribution in [-0.4, -0.2) is 87.3 Å². The molecule has 226 valence electrons. The van der Waals surface area contributed by atoms with E-state index >= 15 is 4.39 Å². The fourth-order valence-electron chi connectivity index (χ4n) is 8.21. The van der Waals surface area contributed by atoms with Crippen molar-refractivity contribution in [3.63, 3.8) is 0 Å². The lowest BCUT2D eigenvalue weighted by atomic mass is 9.95. The van der Waals surface area contributed by atoms with Gasteiger partial charge in [0.05, 0.1) is 16.5 Å². The highest BCUT2D eigenvalue weighted by Gasteiger charge is 2.45. The van der Waals surface area contributed by atoms with Crippen LogP contribution in [0.15, 0.2) is 30.5 Å². The van der Waals surface area contributed by atoms with E-state index < -0.39 is 11.6 Å². The number of piperazine rings is 1. The number of nitrogens with zero attached hydrogens (tertiary/aromatic N) is 6. The van der Waals surface area contributed by atoms with Crippen LogP contribution in [0.2, 0.25) is 0 Å². The number of hydrogen-bond donors (Lipinski definition) is 1. The minimum absolute atomic E-state index is 0.0176. The summed E-state index contributed by atoms with van der Waals surface area (Å²) in [7, 11) is 2.17. The van der Waals surface area contributed by atoms with Crippen molar-refractivity contribution >= 4 is 27.5 Å². The number of terminal acetylenes is 1. The number of ether oxygens (including phenoxy) is 1. The summed E-state index contributed by atoms with van der Waals surface area (Å²) in [5, 5.41) is 11.8. The van der Waals surface area contributed by atoms with Gasteiger partial charge in [0.25, 0.3) is 0 Å². The predicted octanol–water partition coefficient (Wildman–Crippen LogP) is 5.10. The zero-order chi connectivity index (χ0) is 30.2. The number of benzene rings is 2. The molecule has 4 aromatic rings. The molecule has 0 aliphatic carbocycles. The quantitative estimate of drug-likeness (QED) is 0.319. The number of phenols is 1. The molecule has 10 heteroatoms. The van der Waals surface area contributed by atoms with Crippen molar-refractivity contribution in [2.45, 2.75) is 56.1 Å². The van der Waals surface area contributed by atoms with Crippen LogP contribution in [-0.2, 0) is 0 Å². The standard InChI is InChI=1S/C34H34F2N6O2/c1-3-24-27(35)9-6-20-14-23(43)15-25(28(20)24)30-29(36)31-26(16-37-30)32(41-17-21-7-8-22(18-41)40(21)2)39-33(38-31)44-19-34-10-4-12-42(34)13-5-11-34/h1,6,9,14-16,21-22,43H,4-5,7-8,10-13,17-19H2,2H3.